The van der Waals surface area contributed by atoms with Crippen LogP contribution in [0.15, 0.2) is 53.8 Å². The Balaban J connectivity index is 1.31. The monoisotopic (exact) mass is 508 g/mol. The van der Waals surface area contributed by atoms with Gasteiger partial charge in [-0.05, 0) is 60.4 Å². The molecule has 1 aliphatic heterocycles. The van der Waals surface area contributed by atoms with E-state index in [4.69, 9.17) is 0 Å². The lowest BCUT2D eigenvalue weighted by Crippen LogP contribution is -2.47. The normalized spacial score (nSPS) is 20.2. The number of pyridine rings is 1. The molecule has 10 heteroatoms. The first-order valence-corrected chi connectivity index (χ1v) is 12.7. The lowest BCUT2D eigenvalue weighted by atomic mass is 9.63. The van der Waals surface area contributed by atoms with E-state index in [9.17, 15) is 18.0 Å². The predicted octanol–water partition coefficient (Wildman–Crippen LogP) is 4.30. The molecule has 192 valence electrons. The van der Waals surface area contributed by atoms with E-state index in [0.29, 0.717) is 23.2 Å². The number of imidazole rings is 1. The first-order chi connectivity index (χ1) is 17.7. The maximum Gasteiger partial charge on any atom is 0.418 e. The van der Waals surface area contributed by atoms with Crippen LogP contribution in [-0.2, 0) is 25.2 Å². The molecule has 7 nitrogen and oxygen atoms in total. The van der Waals surface area contributed by atoms with Gasteiger partial charge in [0.2, 0.25) is 0 Å². The highest BCUT2D eigenvalue weighted by atomic mass is 19.4. The van der Waals surface area contributed by atoms with E-state index in [1.807, 2.05) is 29.8 Å². The molecule has 0 radical (unpaired) electrons. The Bertz CT molecular complexity index is 1580. The summed E-state index contributed by atoms with van der Waals surface area (Å²) in [6, 6.07) is 8.71. The van der Waals surface area contributed by atoms with Crippen molar-refractivity contribution < 1.29 is 13.2 Å². The molecule has 1 saturated heterocycles. The summed E-state index contributed by atoms with van der Waals surface area (Å²) in [6.45, 7) is 2.25. The van der Waals surface area contributed by atoms with Crippen LogP contribution < -0.4 is 5.69 Å². The molecule has 0 atom stereocenters. The third kappa shape index (κ3) is 3.48. The van der Waals surface area contributed by atoms with Gasteiger partial charge in [-0.3, -0.25) is 13.9 Å². The quantitative estimate of drug-likeness (QED) is 0.403. The number of aryl methyl sites for hydroxylation is 1. The third-order valence-electron chi connectivity index (χ3n) is 8.63. The molecule has 1 aromatic carbocycles. The Morgan fingerprint density at radius 1 is 1.05 bits per heavy atom. The molecule has 4 heterocycles. The highest BCUT2D eigenvalue weighted by Crippen LogP contribution is 2.53. The van der Waals surface area contributed by atoms with Crippen LogP contribution >= 0.6 is 0 Å². The fourth-order valence-electron chi connectivity index (χ4n) is 6.35. The molecule has 3 aromatic heterocycles. The minimum atomic E-state index is -4.57. The largest absolute Gasteiger partial charge is 0.418 e. The van der Waals surface area contributed by atoms with E-state index in [2.05, 4.69) is 15.1 Å². The molecule has 2 aliphatic carbocycles. The number of benzene rings is 1. The molecule has 0 amide bonds. The first-order valence-electron chi connectivity index (χ1n) is 12.7. The van der Waals surface area contributed by atoms with Crippen LogP contribution in [0.4, 0.5) is 13.2 Å². The zero-order chi connectivity index (χ0) is 25.6. The third-order valence-corrected chi connectivity index (χ3v) is 8.63. The van der Waals surface area contributed by atoms with Gasteiger partial charge in [0.05, 0.1) is 22.2 Å². The summed E-state index contributed by atoms with van der Waals surface area (Å²) >= 11 is 0. The van der Waals surface area contributed by atoms with Crippen LogP contribution in [0.5, 0.6) is 0 Å². The zero-order valence-corrected chi connectivity index (χ0v) is 20.5. The molecule has 3 aliphatic rings. The molecule has 4 aromatic rings. The van der Waals surface area contributed by atoms with Crippen molar-refractivity contribution in [2.75, 3.05) is 13.1 Å². The van der Waals surface area contributed by atoms with Crippen molar-refractivity contribution in [3.05, 3.63) is 82.1 Å². The second-order valence-electron chi connectivity index (χ2n) is 11.2. The van der Waals surface area contributed by atoms with Gasteiger partial charge in [0, 0.05) is 39.1 Å². The van der Waals surface area contributed by atoms with E-state index >= 15 is 0 Å². The van der Waals surface area contributed by atoms with Crippen LogP contribution in [0.3, 0.4) is 0 Å². The minimum Gasteiger partial charge on any atom is -0.320 e. The van der Waals surface area contributed by atoms with Gasteiger partial charge in [-0.1, -0.05) is 18.6 Å². The highest BCUT2D eigenvalue weighted by Gasteiger charge is 2.52. The zero-order valence-electron chi connectivity index (χ0n) is 20.5. The van der Waals surface area contributed by atoms with Crippen molar-refractivity contribution in [1.82, 2.24) is 28.6 Å². The lowest BCUT2D eigenvalue weighted by Gasteiger charge is -2.41. The molecule has 0 unspecified atom stereocenters. The molecular formula is C27H27F3N6O. The number of nitrogens with zero attached hydrogens (tertiary/aromatic N) is 6. The lowest BCUT2D eigenvalue weighted by molar-refractivity contribution is -0.136. The summed E-state index contributed by atoms with van der Waals surface area (Å²) in [6.07, 6.45) is 5.23. The van der Waals surface area contributed by atoms with Gasteiger partial charge in [-0.15, -0.1) is 10.2 Å². The van der Waals surface area contributed by atoms with Crippen molar-refractivity contribution in [3.8, 4) is 5.69 Å². The number of hydrogen-bond acceptors (Lipinski definition) is 4. The standard InChI is InChI=1S/C27H27F3N6O/c1-33-17-31-32-23(33)26(6-3-7-26)19-4-2-5-20(11-19)35-14-22-21(27(28,29)30)10-18(13-36(22)24(35)37)12-34-15-25(16-34)8-9-25/h2,4-5,10-11,13-14,17H,3,6-9,12,15-16H2,1H3. The molecule has 3 fully saturated rings. The average Bonchev–Trinajstić information content (AvgIpc) is 3.39. The molecular weight excluding hydrogens is 481 g/mol. The highest BCUT2D eigenvalue weighted by molar-refractivity contribution is 5.58. The summed E-state index contributed by atoms with van der Waals surface area (Å²) in [5.41, 5.74) is 0.678. The minimum absolute atomic E-state index is 0.138. The molecule has 37 heavy (non-hydrogen) atoms. The molecule has 7 rings (SSSR count). The van der Waals surface area contributed by atoms with E-state index in [-0.39, 0.29) is 10.9 Å². The number of fused-ring (bicyclic) bond motifs is 1. The molecule has 0 bridgehead atoms. The number of halogens is 3. The van der Waals surface area contributed by atoms with Gasteiger partial charge in [0.1, 0.15) is 12.2 Å². The smallest absolute Gasteiger partial charge is 0.320 e. The van der Waals surface area contributed by atoms with Gasteiger partial charge in [0.15, 0.2) is 0 Å². The number of likely N-dealkylation sites (tertiary alicyclic amines) is 1. The maximum atomic E-state index is 14.1. The summed E-state index contributed by atoms with van der Waals surface area (Å²) in [4.78, 5) is 15.6. The topological polar surface area (TPSA) is 60.4 Å². The van der Waals surface area contributed by atoms with Gasteiger partial charge in [-0.25, -0.2) is 4.79 Å². The van der Waals surface area contributed by atoms with Gasteiger partial charge >= 0.3 is 11.9 Å². The SMILES string of the molecule is Cn1cnnc1C1(c2cccc(-n3cc4c(C(F)(F)F)cc(CN5CC6(CC6)C5)cn4c3=O)c2)CCC1. The van der Waals surface area contributed by atoms with Crippen molar-refractivity contribution in [3.63, 3.8) is 0 Å². The van der Waals surface area contributed by atoms with Gasteiger partial charge in [0.25, 0.3) is 0 Å². The fraction of sp³-hybridized carbons (Fsp3) is 0.444. The van der Waals surface area contributed by atoms with Gasteiger partial charge < -0.3 is 4.57 Å². The Labute approximate surface area is 211 Å². The van der Waals surface area contributed by atoms with E-state index in [1.54, 1.807) is 18.6 Å². The number of alkyl halides is 3. The maximum absolute atomic E-state index is 14.1. The van der Waals surface area contributed by atoms with Crippen molar-refractivity contribution >= 4 is 5.52 Å². The number of hydrogen-bond donors (Lipinski definition) is 0. The number of aromatic nitrogens is 5. The van der Waals surface area contributed by atoms with Gasteiger partial charge in [-0.2, -0.15) is 13.2 Å². The van der Waals surface area contributed by atoms with Crippen molar-refractivity contribution in [2.45, 2.75) is 50.2 Å². The molecule has 1 spiro atoms. The Kier molecular flexibility index (Phi) is 4.66. The predicted molar refractivity (Wildman–Crippen MR) is 131 cm³/mol. The second kappa shape index (κ2) is 7.56. The Morgan fingerprint density at radius 2 is 1.84 bits per heavy atom. The summed E-state index contributed by atoms with van der Waals surface area (Å²) < 4.78 is 46.8. The van der Waals surface area contributed by atoms with E-state index in [0.717, 1.165) is 48.1 Å². The molecule has 0 N–H and O–H groups in total. The Morgan fingerprint density at radius 3 is 2.46 bits per heavy atom. The number of rotatable bonds is 5. The van der Waals surface area contributed by atoms with Crippen LogP contribution in [-0.4, -0.2) is 41.7 Å². The van der Waals surface area contributed by atoms with Crippen LogP contribution in [0.25, 0.3) is 11.2 Å². The van der Waals surface area contributed by atoms with Crippen LogP contribution in [0.2, 0.25) is 0 Å². The fourth-order valence-corrected chi connectivity index (χ4v) is 6.35. The average molecular weight is 509 g/mol. The summed E-state index contributed by atoms with van der Waals surface area (Å²) in [5.74, 6) is 0.855. The Hall–Kier alpha value is -3.40. The first kappa shape index (κ1) is 22.8. The molecule has 2 saturated carbocycles. The summed E-state index contributed by atoms with van der Waals surface area (Å²) in [5, 5.41) is 8.40. The van der Waals surface area contributed by atoms with E-state index in [1.165, 1.54) is 29.7 Å². The summed E-state index contributed by atoms with van der Waals surface area (Å²) in [7, 11) is 1.91. The van der Waals surface area contributed by atoms with Crippen LogP contribution in [0, 0.1) is 5.41 Å². The van der Waals surface area contributed by atoms with E-state index < -0.39 is 17.4 Å². The second-order valence-corrected chi connectivity index (χ2v) is 11.2. The van der Waals surface area contributed by atoms with Crippen molar-refractivity contribution in [2.24, 2.45) is 12.5 Å². The van der Waals surface area contributed by atoms with Crippen molar-refractivity contribution in [1.29, 1.82) is 0 Å². The van der Waals surface area contributed by atoms with Crippen LogP contribution in [0.1, 0.15) is 54.6 Å².